The van der Waals surface area contributed by atoms with E-state index < -0.39 is 6.04 Å². The van der Waals surface area contributed by atoms with E-state index in [0.717, 1.165) is 34.1 Å². The first kappa shape index (κ1) is 20.2. The maximum atomic E-state index is 6.32. The van der Waals surface area contributed by atoms with Gasteiger partial charge in [-0.2, -0.15) is 0 Å². The summed E-state index contributed by atoms with van der Waals surface area (Å²) >= 11 is 0. The van der Waals surface area contributed by atoms with Crippen LogP contribution in [0.5, 0.6) is 0 Å². The highest BCUT2D eigenvalue weighted by atomic mass is 15.0. The van der Waals surface area contributed by atoms with Gasteiger partial charge in [-0.3, -0.25) is 4.98 Å². The van der Waals surface area contributed by atoms with Gasteiger partial charge in [0, 0.05) is 28.7 Å². The van der Waals surface area contributed by atoms with E-state index in [-0.39, 0.29) is 0 Å². The molecule has 2 aromatic heterocycles. The lowest BCUT2D eigenvalue weighted by atomic mass is 10.1. The zero-order valence-electron chi connectivity index (χ0n) is 16.6. The van der Waals surface area contributed by atoms with Crippen LogP contribution < -0.4 is 17.2 Å². The highest BCUT2D eigenvalue weighted by Gasteiger charge is 2.14. The standard InChI is InChI=1S/C24H27N5/c1-3-5-7-9-18(16-21(27)20(26)10-6-4-2)29-22-13-12-17(25)15-19(22)24-23(29)11-8-14-28-24/h3-6,8-16,20H,2,7,25-27H2,1H3/b5-3-,10-6-,18-9+,21-16-. The molecule has 0 saturated carbocycles. The summed E-state index contributed by atoms with van der Waals surface area (Å²) in [6.45, 7) is 5.68. The maximum Gasteiger partial charge on any atom is 0.0964 e. The number of hydrogen-bond donors (Lipinski definition) is 3. The van der Waals surface area contributed by atoms with Crippen molar-refractivity contribution < 1.29 is 0 Å². The Balaban J connectivity index is 2.25. The summed E-state index contributed by atoms with van der Waals surface area (Å²) in [5.41, 5.74) is 23.7. The smallest absolute Gasteiger partial charge is 0.0964 e. The molecule has 5 nitrogen and oxygen atoms in total. The topological polar surface area (TPSA) is 95.9 Å². The van der Waals surface area contributed by atoms with Crippen LogP contribution in [0.3, 0.4) is 0 Å². The molecule has 0 spiro atoms. The number of nitrogens with zero attached hydrogens (tertiary/aromatic N) is 2. The van der Waals surface area contributed by atoms with Gasteiger partial charge in [-0.1, -0.05) is 43.0 Å². The van der Waals surface area contributed by atoms with Gasteiger partial charge in [0.05, 0.1) is 22.6 Å². The van der Waals surface area contributed by atoms with E-state index >= 15 is 0 Å². The Morgan fingerprint density at radius 3 is 2.86 bits per heavy atom. The van der Waals surface area contributed by atoms with E-state index in [2.05, 4.69) is 28.3 Å². The molecule has 6 N–H and O–H groups in total. The molecule has 0 aliphatic rings. The Morgan fingerprint density at radius 1 is 1.28 bits per heavy atom. The first-order valence-electron chi connectivity index (χ1n) is 9.55. The number of fused-ring (bicyclic) bond motifs is 3. The number of allylic oxidation sites excluding steroid dienone is 7. The lowest BCUT2D eigenvalue weighted by Gasteiger charge is -2.13. The third-order valence-corrected chi connectivity index (χ3v) is 4.65. The molecule has 1 unspecified atom stereocenters. The van der Waals surface area contributed by atoms with Gasteiger partial charge in [0.15, 0.2) is 0 Å². The van der Waals surface area contributed by atoms with E-state index in [1.807, 2.05) is 55.5 Å². The second kappa shape index (κ2) is 9.08. The van der Waals surface area contributed by atoms with Gasteiger partial charge in [-0.05, 0) is 49.8 Å². The minimum Gasteiger partial charge on any atom is -0.400 e. The van der Waals surface area contributed by atoms with Crippen LogP contribution in [0, 0.1) is 0 Å². The van der Waals surface area contributed by atoms with Crippen molar-refractivity contribution in [1.82, 2.24) is 9.55 Å². The number of nitrogen functional groups attached to an aromatic ring is 1. The zero-order chi connectivity index (χ0) is 20.8. The molecule has 5 heteroatoms. The minimum atomic E-state index is -0.403. The molecule has 0 fully saturated rings. The van der Waals surface area contributed by atoms with E-state index in [1.54, 1.807) is 18.3 Å². The average Bonchev–Trinajstić information content (AvgIpc) is 3.05. The molecule has 0 radical (unpaired) electrons. The predicted molar refractivity (Wildman–Crippen MR) is 125 cm³/mol. The third kappa shape index (κ3) is 4.31. The number of rotatable bonds is 7. The quantitative estimate of drug-likeness (QED) is 0.317. The SMILES string of the molecule is C=C/C=C\C(N)/C(N)=C/C(=C\C/C=C\C)n1c2ccc(N)cc2c2ncccc21. The second-order valence-corrected chi connectivity index (χ2v) is 6.71. The van der Waals surface area contributed by atoms with Crippen LogP contribution in [-0.4, -0.2) is 15.6 Å². The molecular weight excluding hydrogens is 358 g/mol. The Kier molecular flexibility index (Phi) is 6.32. The van der Waals surface area contributed by atoms with Gasteiger partial charge < -0.3 is 21.8 Å². The molecule has 0 aliphatic carbocycles. The Hall–Kier alpha value is -3.57. The fourth-order valence-electron chi connectivity index (χ4n) is 3.25. The fourth-order valence-corrected chi connectivity index (χ4v) is 3.25. The lowest BCUT2D eigenvalue weighted by Crippen LogP contribution is -2.25. The normalized spacial score (nSPS) is 14.4. The zero-order valence-corrected chi connectivity index (χ0v) is 16.6. The number of hydrogen-bond acceptors (Lipinski definition) is 4. The van der Waals surface area contributed by atoms with Gasteiger partial charge in [0.1, 0.15) is 0 Å². The van der Waals surface area contributed by atoms with Crippen molar-refractivity contribution in [3.63, 3.8) is 0 Å². The molecule has 1 atom stereocenters. The van der Waals surface area contributed by atoms with Crippen LogP contribution in [0.15, 0.2) is 91.3 Å². The van der Waals surface area contributed by atoms with Crippen LogP contribution in [0.25, 0.3) is 27.6 Å². The number of benzene rings is 1. The van der Waals surface area contributed by atoms with E-state index in [4.69, 9.17) is 17.2 Å². The summed E-state index contributed by atoms with van der Waals surface area (Å²) in [4.78, 5) is 4.59. The van der Waals surface area contributed by atoms with Gasteiger partial charge in [-0.25, -0.2) is 0 Å². The average molecular weight is 386 g/mol. The van der Waals surface area contributed by atoms with Crippen molar-refractivity contribution in [1.29, 1.82) is 0 Å². The molecule has 3 rings (SSSR count). The van der Waals surface area contributed by atoms with Gasteiger partial charge >= 0.3 is 0 Å². The monoisotopic (exact) mass is 385 g/mol. The first-order valence-corrected chi connectivity index (χ1v) is 9.55. The van der Waals surface area contributed by atoms with Crippen molar-refractivity contribution in [2.24, 2.45) is 11.5 Å². The Morgan fingerprint density at radius 2 is 2.10 bits per heavy atom. The maximum absolute atomic E-state index is 6.32. The summed E-state index contributed by atoms with van der Waals surface area (Å²) in [6, 6.07) is 9.43. The van der Waals surface area contributed by atoms with Crippen LogP contribution in [0.1, 0.15) is 13.3 Å². The molecule has 0 bridgehead atoms. The van der Waals surface area contributed by atoms with Gasteiger partial charge in [-0.15, -0.1) is 0 Å². The molecular formula is C24H27N5. The predicted octanol–water partition coefficient (Wildman–Crippen LogP) is 4.49. The molecule has 2 heterocycles. The second-order valence-electron chi connectivity index (χ2n) is 6.71. The van der Waals surface area contributed by atoms with Crippen LogP contribution in [0.4, 0.5) is 5.69 Å². The van der Waals surface area contributed by atoms with E-state index in [0.29, 0.717) is 11.4 Å². The summed E-state index contributed by atoms with van der Waals surface area (Å²) < 4.78 is 2.15. The molecule has 148 valence electrons. The number of pyridine rings is 1. The molecule has 0 saturated heterocycles. The summed E-state index contributed by atoms with van der Waals surface area (Å²) in [6.07, 6.45) is 16.0. The van der Waals surface area contributed by atoms with Crippen molar-refractivity contribution in [3.8, 4) is 0 Å². The van der Waals surface area contributed by atoms with Crippen molar-refractivity contribution in [3.05, 3.63) is 91.3 Å². The number of anilines is 1. The first-order chi connectivity index (χ1) is 14.1. The molecule has 29 heavy (non-hydrogen) atoms. The van der Waals surface area contributed by atoms with Gasteiger partial charge in [0.2, 0.25) is 0 Å². The molecule has 3 aromatic rings. The fraction of sp³-hybridized carbons (Fsp3) is 0.125. The molecule has 0 amide bonds. The van der Waals surface area contributed by atoms with Crippen LogP contribution >= 0.6 is 0 Å². The van der Waals surface area contributed by atoms with Crippen LogP contribution in [-0.2, 0) is 0 Å². The van der Waals surface area contributed by atoms with Crippen LogP contribution in [0.2, 0.25) is 0 Å². The van der Waals surface area contributed by atoms with Crippen molar-refractivity contribution in [2.75, 3.05) is 5.73 Å². The summed E-state index contributed by atoms with van der Waals surface area (Å²) in [5, 5.41) is 1.00. The lowest BCUT2D eigenvalue weighted by molar-refractivity contribution is 0.929. The largest absolute Gasteiger partial charge is 0.400 e. The Bertz CT molecular complexity index is 1140. The highest BCUT2D eigenvalue weighted by Crippen LogP contribution is 2.32. The highest BCUT2D eigenvalue weighted by molar-refractivity contribution is 6.09. The van der Waals surface area contributed by atoms with Gasteiger partial charge in [0.25, 0.3) is 0 Å². The molecule has 1 aromatic carbocycles. The van der Waals surface area contributed by atoms with Crippen molar-refractivity contribution >= 4 is 33.3 Å². The van der Waals surface area contributed by atoms with Crippen molar-refractivity contribution in [2.45, 2.75) is 19.4 Å². The van der Waals surface area contributed by atoms with E-state index in [9.17, 15) is 0 Å². The Labute approximate surface area is 171 Å². The number of nitrogens with two attached hydrogens (primary N) is 3. The summed E-state index contributed by atoms with van der Waals surface area (Å²) in [5.74, 6) is 0. The van der Waals surface area contributed by atoms with E-state index in [1.165, 1.54) is 0 Å². The minimum absolute atomic E-state index is 0.403. The number of aromatic nitrogens is 2. The molecule has 0 aliphatic heterocycles. The summed E-state index contributed by atoms with van der Waals surface area (Å²) in [7, 11) is 0. The third-order valence-electron chi connectivity index (χ3n) is 4.65.